The van der Waals surface area contributed by atoms with Gasteiger partial charge in [0.05, 0.1) is 5.69 Å². The van der Waals surface area contributed by atoms with Crippen molar-refractivity contribution < 1.29 is 14.3 Å². The molecule has 2 aromatic rings. The van der Waals surface area contributed by atoms with Crippen LogP contribution in [0.1, 0.15) is 61.9 Å². The zero-order valence-corrected chi connectivity index (χ0v) is 15.9. The highest BCUT2D eigenvalue weighted by atomic mass is 16.5. The summed E-state index contributed by atoms with van der Waals surface area (Å²) in [4.78, 5) is 24.7. The predicted molar refractivity (Wildman–Crippen MR) is 97.5 cm³/mol. The molecule has 1 N–H and O–H groups in total. The monoisotopic (exact) mass is 358 g/mol. The number of rotatable bonds is 7. The van der Waals surface area contributed by atoms with Crippen LogP contribution in [0, 0.1) is 6.92 Å². The molecule has 0 saturated carbocycles. The second-order valence-corrected chi connectivity index (χ2v) is 6.93. The Balaban J connectivity index is 2.06. The third kappa shape index (κ3) is 4.68. The van der Waals surface area contributed by atoms with Gasteiger partial charge in [-0.2, -0.15) is 0 Å². The molecular weight excluding hydrogens is 332 g/mol. The number of amides is 1. The van der Waals surface area contributed by atoms with Crippen LogP contribution in [0.15, 0.2) is 30.3 Å². The molecule has 0 radical (unpaired) electrons. The lowest BCUT2D eigenvalue weighted by Crippen LogP contribution is -2.45. The lowest BCUT2D eigenvalue weighted by molar-refractivity contribution is -0.125. The largest absolute Gasteiger partial charge is 0.456 e. The minimum Gasteiger partial charge on any atom is -0.456 e. The van der Waals surface area contributed by atoms with E-state index in [2.05, 4.69) is 15.6 Å². The molecule has 0 saturated heterocycles. The van der Waals surface area contributed by atoms with Gasteiger partial charge in [-0.05, 0) is 39.7 Å². The molecule has 0 bridgehead atoms. The summed E-state index contributed by atoms with van der Waals surface area (Å²) in [6.07, 6.45) is 0.804. The second kappa shape index (κ2) is 8.12. The molecule has 0 aliphatic carbocycles. The fourth-order valence-electron chi connectivity index (χ4n) is 2.33. The van der Waals surface area contributed by atoms with Crippen molar-refractivity contribution in [3.63, 3.8) is 0 Å². The van der Waals surface area contributed by atoms with Gasteiger partial charge in [0, 0.05) is 5.54 Å². The molecule has 0 aliphatic rings. The number of hydrogen-bond acceptors (Lipinski definition) is 5. The van der Waals surface area contributed by atoms with E-state index in [1.807, 2.05) is 51.1 Å². The third-order valence-electron chi connectivity index (χ3n) is 4.43. The highest BCUT2D eigenvalue weighted by Crippen LogP contribution is 2.15. The number of esters is 1. The third-order valence-corrected chi connectivity index (χ3v) is 4.43. The molecule has 1 amide bonds. The molecule has 1 atom stereocenters. The van der Waals surface area contributed by atoms with E-state index in [0.29, 0.717) is 5.69 Å². The van der Waals surface area contributed by atoms with E-state index in [-0.39, 0.29) is 23.7 Å². The minimum absolute atomic E-state index is 0.121. The summed E-state index contributed by atoms with van der Waals surface area (Å²) in [7, 11) is 0. The van der Waals surface area contributed by atoms with E-state index in [4.69, 9.17) is 4.74 Å². The summed E-state index contributed by atoms with van der Waals surface area (Å²) in [5, 5.41) is 10.9. The van der Waals surface area contributed by atoms with E-state index in [1.54, 1.807) is 13.8 Å². The van der Waals surface area contributed by atoms with Crippen LogP contribution in [0.2, 0.25) is 0 Å². The summed E-state index contributed by atoms with van der Waals surface area (Å²) in [6.45, 7) is 9.51. The zero-order valence-electron chi connectivity index (χ0n) is 15.9. The van der Waals surface area contributed by atoms with Crippen molar-refractivity contribution in [3.8, 4) is 0 Å². The smallest absolute Gasteiger partial charge is 0.361 e. The van der Waals surface area contributed by atoms with E-state index >= 15 is 0 Å². The van der Waals surface area contributed by atoms with Crippen molar-refractivity contribution in [2.75, 3.05) is 0 Å². The number of nitrogens with one attached hydrogen (secondary N) is 1. The van der Waals surface area contributed by atoms with Gasteiger partial charge < -0.3 is 10.1 Å². The molecular formula is C19H26N4O3. The Morgan fingerprint density at radius 3 is 2.54 bits per heavy atom. The average Bonchev–Trinajstić information content (AvgIpc) is 3.01. The quantitative estimate of drug-likeness (QED) is 0.769. The molecule has 1 aromatic heterocycles. The van der Waals surface area contributed by atoms with Gasteiger partial charge >= 0.3 is 5.97 Å². The molecule has 2 rings (SSSR count). The van der Waals surface area contributed by atoms with Gasteiger partial charge in [-0.3, -0.25) is 4.79 Å². The topological polar surface area (TPSA) is 86.1 Å². The van der Waals surface area contributed by atoms with Crippen LogP contribution in [-0.2, 0) is 16.1 Å². The second-order valence-electron chi connectivity index (χ2n) is 6.93. The number of nitrogens with zero attached hydrogens (tertiary/aromatic N) is 3. The van der Waals surface area contributed by atoms with E-state index in [1.165, 1.54) is 4.68 Å². The number of ether oxygens (including phenoxy) is 1. The Bertz CT molecular complexity index is 768. The van der Waals surface area contributed by atoms with Gasteiger partial charge in [-0.15, -0.1) is 5.10 Å². The van der Waals surface area contributed by atoms with Gasteiger partial charge in [0.25, 0.3) is 0 Å². The molecule has 1 heterocycles. The Morgan fingerprint density at radius 1 is 1.27 bits per heavy atom. The lowest BCUT2D eigenvalue weighted by Gasteiger charge is -2.26. The number of carbonyl (C=O) groups is 2. The molecule has 1 aromatic carbocycles. The van der Waals surface area contributed by atoms with Crippen LogP contribution in [0.4, 0.5) is 0 Å². The van der Waals surface area contributed by atoms with Crippen LogP contribution in [0.5, 0.6) is 0 Å². The molecule has 140 valence electrons. The number of carbonyl (C=O) groups excluding carboxylic acids is 2. The van der Waals surface area contributed by atoms with Crippen molar-refractivity contribution in [1.29, 1.82) is 0 Å². The highest BCUT2D eigenvalue weighted by molar-refractivity contribution is 5.88. The molecule has 0 spiro atoms. The van der Waals surface area contributed by atoms with Crippen molar-refractivity contribution in [1.82, 2.24) is 20.3 Å². The minimum atomic E-state index is -0.580. The zero-order chi connectivity index (χ0) is 19.3. The summed E-state index contributed by atoms with van der Waals surface area (Å²) in [5.41, 5.74) is 1.20. The van der Waals surface area contributed by atoms with E-state index < -0.39 is 12.0 Å². The average molecular weight is 358 g/mol. The van der Waals surface area contributed by atoms with Gasteiger partial charge in [-0.1, -0.05) is 42.5 Å². The molecule has 0 fully saturated rings. The van der Waals surface area contributed by atoms with Crippen LogP contribution in [-0.4, -0.2) is 32.4 Å². The fourth-order valence-corrected chi connectivity index (χ4v) is 2.33. The highest BCUT2D eigenvalue weighted by Gasteiger charge is 2.27. The van der Waals surface area contributed by atoms with Crippen molar-refractivity contribution in [3.05, 3.63) is 47.3 Å². The van der Waals surface area contributed by atoms with Crippen molar-refractivity contribution in [2.24, 2.45) is 0 Å². The first-order valence-electron chi connectivity index (χ1n) is 8.70. The summed E-state index contributed by atoms with van der Waals surface area (Å²) in [6, 6.07) is 8.82. The SMILES string of the molecule is CCC(C)(C)NC(=O)C(C)n1nnc(C(=O)OCc2ccccc2)c1C. The van der Waals surface area contributed by atoms with Crippen LogP contribution >= 0.6 is 0 Å². The molecule has 1 unspecified atom stereocenters. The van der Waals surface area contributed by atoms with Gasteiger partial charge in [0.15, 0.2) is 5.69 Å². The fraction of sp³-hybridized carbons (Fsp3) is 0.474. The van der Waals surface area contributed by atoms with Crippen molar-refractivity contribution >= 4 is 11.9 Å². The Hall–Kier alpha value is -2.70. The Morgan fingerprint density at radius 2 is 1.92 bits per heavy atom. The van der Waals surface area contributed by atoms with Gasteiger partial charge in [0.2, 0.25) is 5.91 Å². The molecule has 26 heavy (non-hydrogen) atoms. The summed E-state index contributed by atoms with van der Waals surface area (Å²) < 4.78 is 6.74. The van der Waals surface area contributed by atoms with Crippen molar-refractivity contribution in [2.45, 2.75) is 59.2 Å². The summed E-state index contributed by atoms with van der Waals surface area (Å²) in [5.74, 6) is -0.729. The normalized spacial score (nSPS) is 12.5. The maximum atomic E-state index is 12.4. The molecule has 7 heteroatoms. The number of aromatic nitrogens is 3. The first kappa shape index (κ1) is 19.6. The van der Waals surface area contributed by atoms with Gasteiger partial charge in [-0.25, -0.2) is 9.48 Å². The Labute approximate surface area is 153 Å². The lowest BCUT2D eigenvalue weighted by atomic mass is 10.0. The van der Waals surface area contributed by atoms with Gasteiger partial charge in [0.1, 0.15) is 12.6 Å². The molecule has 0 aliphatic heterocycles. The van der Waals surface area contributed by atoms with Crippen LogP contribution in [0.3, 0.4) is 0 Å². The maximum absolute atomic E-state index is 12.4. The standard InChI is InChI=1S/C19H26N4O3/c1-6-19(4,5)20-17(24)14(3)23-13(2)16(21-22-23)18(25)26-12-15-10-8-7-9-11-15/h7-11,14H,6,12H2,1-5H3,(H,20,24). The van der Waals surface area contributed by atoms with E-state index in [0.717, 1.165) is 12.0 Å². The first-order valence-corrected chi connectivity index (χ1v) is 8.70. The maximum Gasteiger partial charge on any atom is 0.361 e. The summed E-state index contributed by atoms with van der Waals surface area (Å²) >= 11 is 0. The van der Waals surface area contributed by atoms with Crippen LogP contribution < -0.4 is 5.32 Å². The Kier molecular flexibility index (Phi) is 6.13. The first-order chi connectivity index (χ1) is 12.2. The predicted octanol–water partition coefficient (Wildman–Crippen LogP) is 2.81. The number of hydrogen-bond donors (Lipinski definition) is 1. The van der Waals surface area contributed by atoms with Crippen LogP contribution in [0.25, 0.3) is 0 Å². The molecule has 7 nitrogen and oxygen atoms in total. The number of benzene rings is 1. The van der Waals surface area contributed by atoms with E-state index in [9.17, 15) is 9.59 Å².